The van der Waals surface area contributed by atoms with Gasteiger partial charge in [-0.25, -0.2) is 28.5 Å². The summed E-state index contributed by atoms with van der Waals surface area (Å²) >= 11 is 5.80. The second-order valence-electron chi connectivity index (χ2n) is 10.3. The van der Waals surface area contributed by atoms with Gasteiger partial charge in [-0.15, -0.1) is 0 Å². The molecule has 3 aromatic heterocycles. The van der Waals surface area contributed by atoms with Crippen molar-refractivity contribution in [1.29, 1.82) is 0 Å². The standard InChI is InChI=1S/C30H27ClF2N4O4/c31-20-6-5-19(23(33)14-20)16-41-29-22(32)7-8-24(36-29)18-3-1-17(2-4-18)13-27-34-25-9-10-26(30(38)39)35-28(25)37(27)15-21-11-12-40-21/h3,5-10,14,17,21H,1-2,4,11-13,15-16H2,(H,38,39). The van der Waals surface area contributed by atoms with Crippen molar-refractivity contribution >= 4 is 34.3 Å². The summed E-state index contributed by atoms with van der Waals surface area (Å²) < 4.78 is 41.7. The molecule has 0 saturated carbocycles. The lowest BCUT2D eigenvalue weighted by molar-refractivity contribution is -0.0591. The highest BCUT2D eigenvalue weighted by atomic mass is 35.5. The quantitative estimate of drug-likeness (QED) is 0.250. The molecule has 11 heteroatoms. The number of hydrogen-bond donors (Lipinski definition) is 1. The molecule has 0 radical (unpaired) electrons. The van der Waals surface area contributed by atoms with Crippen LogP contribution in [0.25, 0.3) is 16.7 Å². The van der Waals surface area contributed by atoms with E-state index in [4.69, 9.17) is 26.1 Å². The maximum absolute atomic E-state index is 14.4. The molecular weight excluding hydrogens is 554 g/mol. The summed E-state index contributed by atoms with van der Waals surface area (Å²) in [4.78, 5) is 25.1. The number of imidazole rings is 1. The first-order valence-corrected chi connectivity index (χ1v) is 13.9. The SMILES string of the molecule is O=C(O)c1ccc2nc(CC3CC=C(c4ccc(F)c(OCc5ccc(Cl)cc5F)n4)CC3)n(CC3CCO3)c2n1. The molecule has 2 aliphatic rings. The molecule has 1 aromatic carbocycles. The van der Waals surface area contributed by atoms with Crippen LogP contribution in [-0.2, 0) is 24.3 Å². The van der Waals surface area contributed by atoms with Gasteiger partial charge >= 0.3 is 5.97 Å². The van der Waals surface area contributed by atoms with Crippen LogP contribution in [0.1, 0.15) is 53.3 Å². The molecule has 2 unspecified atom stereocenters. The van der Waals surface area contributed by atoms with Gasteiger partial charge < -0.3 is 19.1 Å². The molecule has 1 aliphatic carbocycles. The van der Waals surface area contributed by atoms with E-state index >= 15 is 0 Å². The Balaban J connectivity index is 1.17. The fourth-order valence-electron chi connectivity index (χ4n) is 5.20. The largest absolute Gasteiger partial charge is 0.477 e. The molecule has 4 aromatic rings. The summed E-state index contributed by atoms with van der Waals surface area (Å²) in [5.41, 5.74) is 3.08. The van der Waals surface area contributed by atoms with Gasteiger partial charge in [0.2, 0.25) is 0 Å². The molecule has 0 spiro atoms. The Morgan fingerprint density at radius 3 is 2.66 bits per heavy atom. The van der Waals surface area contributed by atoms with Gasteiger partial charge in [-0.05, 0) is 73.6 Å². The van der Waals surface area contributed by atoms with E-state index in [0.717, 1.165) is 43.7 Å². The molecule has 2 atom stereocenters. The fraction of sp³-hybridized carbons (Fsp3) is 0.333. The number of hydrogen-bond acceptors (Lipinski definition) is 6. The number of ether oxygens (including phenoxy) is 2. The first kappa shape index (κ1) is 27.3. The summed E-state index contributed by atoms with van der Waals surface area (Å²) in [5, 5.41) is 9.69. The van der Waals surface area contributed by atoms with E-state index < -0.39 is 17.6 Å². The first-order valence-electron chi connectivity index (χ1n) is 13.5. The molecule has 1 N–H and O–H groups in total. The average molecular weight is 581 g/mol. The van der Waals surface area contributed by atoms with Crippen LogP contribution in [0.15, 0.2) is 48.5 Å². The van der Waals surface area contributed by atoms with Crippen molar-refractivity contribution in [3.8, 4) is 5.88 Å². The Bertz CT molecular complexity index is 1650. The lowest BCUT2D eigenvalue weighted by atomic mass is 9.86. The van der Waals surface area contributed by atoms with Gasteiger partial charge in [0.1, 0.15) is 23.8 Å². The number of allylic oxidation sites excluding steroid dienone is 2. The van der Waals surface area contributed by atoms with E-state index in [-0.39, 0.29) is 34.9 Å². The fourth-order valence-corrected chi connectivity index (χ4v) is 5.36. The van der Waals surface area contributed by atoms with Crippen LogP contribution in [0.2, 0.25) is 5.02 Å². The number of fused-ring (bicyclic) bond motifs is 1. The second kappa shape index (κ2) is 11.5. The van der Waals surface area contributed by atoms with Crippen LogP contribution in [-0.4, -0.2) is 43.3 Å². The van der Waals surface area contributed by atoms with Crippen molar-refractivity contribution in [2.75, 3.05) is 6.61 Å². The number of rotatable bonds is 9. The molecule has 41 heavy (non-hydrogen) atoms. The van der Waals surface area contributed by atoms with Crippen LogP contribution >= 0.6 is 11.6 Å². The van der Waals surface area contributed by atoms with E-state index in [2.05, 4.69) is 16.0 Å². The van der Waals surface area contributed by atoms with Crippen LogP contribution < -0.4 is 4.74 Å². The zero-order valence-corrected chi connectivity index (χ0v) is 22.8. The number of carboxylic acids is 1. The van der Waals surface area contributed by atoms with Gasteiger partial charge in [-0.3, -0.25) is 0 Å². The summed E-state index contributed by atoms with van der Waals surface area (Å²) in [6.07, 6.45) is 6.20. The van der Waals surface area contributed by atoms with Crippen LogP contribution in [0.5, 0.6) is 5.88 Å². The third-order valence-electron chi connectivity index (χ3n) is 7.58. The normalized spacial score (nSPS) is 18.7. The molecule has 1 fully saturated rings. The maximum Gasteiger partial charge on any atom is 0.354 e. The zero-order chi connectivity index (χ0) is 28.5. The van der Waals surface area contributed by atoms with E-state index in [0.29, 0.717) is 35.7 Å². The van der Waals surface area contributed by atoms with E-state index in [1.165, 1.54) is 24.3 Å². The van der Waals surface area contributed by atoms with E-state index in [9.17, 15) is 18.7 Å². The van der Waals surface area contributed by atoms with Crippen molar-refractivity contribution in [2.45, 2.75) is 51.4 Å². The summed E-state index contributed by atoms with van der Waals surface area (Å²) in [6, 6.07) is 10.3. The van der Waals surface area contributed by atoms with Crippen molar-refractivity contribution < 1.29 is 28.2 Å². The predicted molar refractivity (Wildman–Crippen MR) is 148 cm³/mol. The number of aromatic carboxylic acids is 1. The van der Waals surface area contributed by atoms with Gasteiger partial charge in [-0.2, -0.15) is 0 Å². The van der Waals surface area contributed by atoms with Gasteiger partial charge in [0.25, 0.3) is 5.88 Å². The average Bonchev–Trinajstić information content (AvgIpc) is 3.27. The number of carboxylic acid groups (broad SMARTS) is 1. The Morgan fingerprint density at radius 2 is 1.95 bits per heavy atom. The van der Waals surface area contributed by atoms with Crippen LogP contribution in [0, 0.1) is 17.6 Å². The highest BCUT2D eigenvalue weighted by Crippen LogP contribution is 2.33. The maximum atomic E-state index is 14.4. The van der Waals surface area contributed by atoms with Gasteiger partial charge in [0, 0.05) is 23.6 Å². The number of benzene rings is 1. The lowest BCUT2D eigenvalue weighted by Crippen LogP contribution is -2.32. The Hall–Kier alpha value is -3.89. The minimum Gasteiger partial charge on any atom is -0.477 e. The van der Waals surface area contributed by atoms with Crippen molar-refractivity contribution in [3.05, 3.63) is 88.0 Å². The monoisotopic (exact) mass is 580 g/mol. The molecule has 6 rings (SSSR count). The Labute approximate surface area is 239 Å². The van der Waals surface area contributed by atoms with Crippen molar-refractivity contribution in [1.82, 2.24) is 19.5 Å². The van der Waals surface area contributed by atoms with Crippen molar-refractivity contribution in [2.24, 2.45) is 5.92 Å². The van der Waals surface area contributed by atoms with E-state index in [1.807, 2.05) is 4.57 Å². The van der Waals surface area contributed by atoms with Gasteiger partial charge in [0.15, 0.2) is 17.2 Å². The van der Waals surface area contributed by atoms with Gasteiger partial charge in [0.05, 0.1) is 18.3 Å². The molecular formula is C30H27ClF2N4O4. The molecule has 1 aliphatic heterocycles. The topological polar surface area (TPSA) is 99.4 Å². The van der Waals surface area contributed by atoms with Crippen LogP contribution in [0.4, 0.5) is 8.78 Å². The number of aromatic nitrogens is 4. The number of carbonyl (C=O) groups is 1. The van der Waals surface area contributed by atoms with Gasteiger partial charge in [-0.1, -0.05) is 23.7 Å². The first-order chi connectivity index (χ1) is 19.8. The summed E-state index contributed by atoms with van der Waals surface area (Å²) in [6.45, 7) is 1.13. The smallest absolute Gasteiger partial charge is 0.354 e. The highest BCUT2D eigenvalue weighted by molar-refractivity contribution is 6.30. The predicted octanol–water partition coefficient (Wildman–Crippen LogP) is 6.25. The minimum atomic E-state index is -1.08. The Kier molecular flexibility index (Phi) is 7.68. The molecule has 0 bridgehead atoms. The van der Waals surface area contributed by atoms with Crippen molar-refractivity contribution in [3.63, 3.8) is 0 Å². The number of nitrogens with zero attached hydrogens (tertiary/aromatic N) is 4. The van der Waals surface area contributed by atoms with E-state index in [1.54, 1.807) is 18.2 Å². The lowest BCUT2D eigenvalue weighted by Gasteiger charge is -2.28. The molecule has 0 amide bonds. The minimum absolute atomic E-state index is 0.0154. The molecule has 4 heterocycles. The molecule has 1 saturated heterocycles. The number of halogens is 3. The number of pyridine rings is 2. The summed E-state index contributed by atoms with van der Waals surface area (Å²) in [7, 11) is 0. The zero-order valence-electron chi connectivity index (χ0n) is 22.0. The second-order valence-corrected chi connectivity index (χ2v) is 10.8. The van der Waals surface area contributed by atoms with Crippen LogP contribution in [0.3, 0.4) is 0 Å². The highest BCUT2D eigenvalue weighted by Gasteiger charge is 2.25. The summed E-state index contributed by atoms with van der Waals surface area (Å²) in [5.74, 6) is -1.24. The molecule has 8 nitrogen and oxygen atoms in total. The molecule has 212 valence electrons. The Morgan fingerprint density at radius 1 is 1.10 bits per heavy atom. The third-order valence-corrected chi connectivity index (χ3v) is 7.82. The third kappa shape index (κ3) is 5.94.